The number of ether oxygens (including phenoxy) is 1. The van der Waals surface area contributed by atoms with Crippen LogP contribution >= 0.6 is 0 Å². The first kappa shape index (κ1) is 21.1. The van der Waals surface area contributed by atoms with Crippen LogP contribution in [-0.2, 0) is 30.6 Å². The van der Waals surface area contributed by atoms with E-state index < -0.39 is 20.5 Å². The van der Waals surface area contributed by atoms with Crippen molar-refractivity contribution in [3.05, 3.63) is 48.2 Å². The van der Waals surface area contributed by atoms with Crippen molar-refractivity contribution in [2.24, 2.45) is 0 Å². The van der Waals surface area contributed by atoms with Crippen LogP contribution in [0.15, 0.2) is 47.5 Å². The molecule has 0 bridgehead atoms. The molecule has 2 heterocycles. The lowest BCUT2D eigenvalue weighted by Crippen LogP contribution is -2.55. The highest BCUT2D eigenvalue weighted by Gasteiger charge is 2.52. The van der Waals surface area contributed by atoms with Crippen molar-refractivity contribution in [1.82, 2.24) is 10.3 Å². The van der Waals surface area contributed by atoms with Gasteiger partial charge in [-0.05, 0) is 37.5 Å². The highest BCUT2D eigenvalue weighted by molar-refractivity contribution is 7.93. The monoisotopic (exact) mass is 416 g/mol. The average molecular weight is 416 g/mol. The van der Waals surface area contributed by atoms with E-state index in [4.69, 9.17) is 4.74 Å². The normalized spacial score (nSPS) is 16.2. The largest absolute Gasteiger partial charge is 0.381 e. The predicted molar refractivity (Wildman–Crippen MR) is 108 cm³/mol. The molecule has 1 N–H and O–H groups in total. The summed E-state index contributed by atoms with van der Waals surface area (Å²) in [6, 6.07) is 10.5. The number of aldehydes is 1. The number of nitrogens with one attached hydrogen (secondary N) is 1. The number of amides is 1. The van der Waals surface area contributed by atoms with Gasteiger partial charge in [0.2, 0.25) is 5.91 Å². The fourth-order valence-electron chi connectivity index (χ4n) is 3.48. The lowest BCUT2D eigenvalue weighted by Gasteiger charge is -2.34. The summed E-state index contributed by atoms with van der Waals surface area (Å²) in [6.07, 6.45) is 2.72. The maximum Gasteiger partial charge on any atom is 0.242 e. The molecule has 0 saturated carbocycles. The Hall–Kier alpha value is -2.58. The quantitative estimate of drug-likeness (QED) is 0.692. The Kier molecular flexibility index (Phi) is 6.44. The van der Waals surface area contributed by atoms with Crippen molar-refractivity contribution >= 4 is 22.0 Å². The highest BCUT2D eigenvalue weighted by atomic mass is 32.2. The third-order valence-corrected chi connectivity index (χ3v) is 7.67. The van der Waals surface area contributed by atoms with Crippen molar-refractivity contribution in [1.29, 1.82) is 0 Å². The molecule has 2 aromatic rings. The molecule has 29 heavy (non-hydrogen) atoms. The Morgan fingerprint density at radius 3 is 2.41 bits per heavy atom. The molecule has 7 nitrogen and oxygen atoms in total. The summed E-state index contributed by atoms with van der Waals surface area (Å²) in [5.41, 5.74) is 2.32. The van der Waals surface area contributed by atoms with E-state index in [1.54, 1.807) is 13.0 Å². The van der Waals surface area contributed by atoms with Gasteiger partial charge in [0, 0.05) is 37.9 Å². The van der Waals surface area contributed by atoms with Gasteiger partial charge < -0.3 is 14.8 Å². The maximum absolute atomic E-state index is 13.4. The van der Waals surface area contributed by atoms with Gasteiger partial charge in [-0.25, -0.2) is 8.42 Å². The molecule has 1 aromatic carbocycles. The molecule has 0 spiro atoms. The van der Waals surface area contributed by atoms with Gasteiger partial charge in [0.25, 0.3) is 0 Å². The summed E-state index contributed by atoms with van der Waals surface area (Å²) in [4.78, 5) is 27.7. The van der Waals surface area contributed by atoms with Crippen molar-refractivity contribution < 1.29 is 22.7 Å². The average Bonchev–Trinajstić information content (AvgIpc) is 2.75. The van der Waals surface area contributed by atoms with E-state index in [9.17, 15) is 18.0 Å². The standard InChI is InChI=1S/C21H24N2O5S/c1-2-22-20(25)21(10-13-28-14-11-21)29(26,27)18-7-8-19(23-15-18)17-5-3-16(4-6-17)9-12-24/h3-8,12,15H,2,9-11,13-14H2,1H3,(H,22,25). The maximum atomic E-state index is 13.4. The van der Waals surface area contributed by atoms with Crippen molar-refractivity contribution in [3.8, 4) is 11.3 Å². The zero-order valence-corrected chi connectivity index (χ0v) is 17.1. The van der Waals surface area contributed by atoms with Crippen LogP contribution in [-0.4, -0.2) is 50.1 Å². The van der Waals surface area contributed by atoms with Crippen LogP contribution in [0.1, 0.15) is 25.3 Å². The fourth-order valence-corrected chi connectivity index (χ4v) is 5.39. The van der Waals surface area contributed by atoms with Crippen molar-refractivity contribution in [2.75, 3.05) is 19.8 Å². The second kappa shape index (κ2) is 8.84. The summed E-state index contributed by atoms with van der Waals surface area (Å²) in [7, 11) is -3.95. The van der Waals surface area contributed by atoms with Crippen LogP contribution in [0.4, 0.5) is 0 Å². The predicted octanol–water partition coefficient (Wildman–Crippen LogP) is 1.95. The summed E-state index contributed by atoms with van der Waals surface area (Å²) < 4.78 is 30.6. The number of hydrogen-bond acceptors (Lipinski definition) is 6. The van der Waals surface area contributed by atoms with E-state index in [0.717, 1.165) is 17.4 Å². The number of aromatic nitrogens is 1. The highest BCUT2D eigenvalue weighted by Crippen LogP contribution is 2.35. The van der Waals surface area contributed by atoms with E-state index in [-0.39, 0.29) is 31.0 Å². The number of hydrogen-bond donors (Lipinski definition) is 1. The van der Waals surface area contributed by atoms with Crippen molar-refractivity contribution in [2.45, 2.75) is 35.8 Å². The van der Waals surface area contributed by atoms with E-state index in [1.807, 2.05) is 24.3 Å². The molecule has 154 valence electrons. The first-order valence-corrected chi connectivity index (χ1v) is 11.0. The molecule has 0 radical (unpaired) electrons. The molecule has 1 fully saturated rings. The topological polar surface area (TPSA) is 102 Å². The molecule has 1 amide bonds. The SMILES string of the molecule is CCNC(=O)C1(S(=O)(=O)c2ccc(-c3ccc(CC=O)cc3)nc2)CCOCC1. The Bertz CT molecular complexity index is 963. The number of carbonyl (C=O) groups excluding carboxylic acids is 2. The third-order valence-electron chi connectivity index (χ3n) is 5.18. The van der Waals surface area contributed by atoms with Gasteiger partial charge >= 0.3 is 0 Å². The lowest BCUT2D eigenvalue weighted by molar-refractivity contribution is -0.126. The number of rotatable bonds is 7. The number of benzene rings is 1. The summed E-state index contributed by atoms with van der Waals surface area (Å²) in [5.74, 6) is -0.488. The molecular formula is C21H24N2O5S. The van der Waals surface area contributed by atoms with E-state index in [2.05, 4.69) is 10.3 Å². The molecule has 1 aliphatic heterocycles. The first-order valence-electron chi connectivity index (χ1n) is 9.54. The van der Waals surface area contributed by atoms with E-state index >= 15 is 0 Å². The Labute approximate surface area is 170 Å². The summed E-state index contributed by atoms with van der Waals surface area (Å²) in [5, 5.41) is 2.67. The number of sulfone groups is 1. The zero-order valence-electron chi connectivity index (χ0n) is 16.3. The molecule has 0 aliphatic carbocycles. The van der Waals surface area contributed by atoms with Gasteiger partial charge in [0.1, 0.15) is 6.29 Å². The molecule has 8 heteroatoms. The molecule has 0 unspecified atom stereocenters. The third kappa shape index (κ3) is 4.09. The lowest BCUT2D eigenvalue weighted by atomic mass is 9.98. The van der Waals surface area contributed by atoms with Gasteiger partial charge in [-0.15, -0.1) is 0 Å². The van der Waals surface area contributed by atoms with Gasteiger partial charge in [-0.1, -0.05) is 24.3 Å². The number of carbonyl (C=O) groups is 2. The smallest absolute Gasteiger partial charge is 0.242 e. The Morgan fingerprint density at radius 2 is 1.86 bits per heavy atom. The molecule has 3 rings (SSSR count). The van der Waals surface area contributed by atoms with Crippen molar-refractivity contribution in [3.63, 3.8) is 0 Å². The Morgan fingerprint density at radius 1 is 1.17 bits per heavy atom. The molecule has 0 atom stereocenters. The van der Waals surface area contributed by atoms with Crippen LogP contribution in [0.3, 0.4) is 0 Å². The second-order valence-electron chi connectivity index (χ2n) is 6.92. The van der Waals surface area contributed by atoms with Gasteiger partial charge in [-0.2, -0.15) is 0 Å². The van der Waals surface area contributed by atoms with Gasteiger partial charge in [-0.3, -0.25) is 9.78 Å². The number of pyridine rings is 1. The second-order valence-corrected chi connectivity index (χ2v) is 9.18. The van der Waals surface area contributed by atoms with Crippen LogP contribution in [0, 0.1) is 0 Å². The van der Waals surface area contributed by atoms with Gasteiger partial charge in [0.05, 0.1) is 10.6 Å². The van der Waals surface area contributed by atoms with Crippen LogP contribution in [0.25, 0.3) is 11.3 Å². The van der Waals surface area contributed by atoms with Crippen LogP contribution < -0.4 is 5.32 Å². The molecule has 1 saturated heterocycles. The minimum atomic E-state index is -3.95. The fraction of sp³-hybridized carbons (Fsp3) is 0.381. The minimum absolute atomic E-state index is 0.0204. The molecule has 1 aromatic heterocycles. The minimum Gasteiger partial charge on any atom is -0.381 e. The van der Waals surface area contributed by atoms with E-state index in [1.165, 1.54) is 12.3 Å². The summed E-state index contributed by atoms with van der Waals surface area (Å²) >= 11 is 0. The van der Waals surface area contributed by atoms with E-state index in [0.29, 0.717) is 18.7 Å². The van der Waals surface area contributed by atoms with Gasteiger partial charge in [0.15, 0.2) is 14.6 Å². The zero-order chi connectivity index (χ0) is 20.9. The Balaban J connectivity index is 1.92. The summed E-state index contributed by atoms with van der Waals surface area (Å²) in [6.45, 7) is 2.55. The molecular weight excluding hydrogens is 392 g/mol. The van der Waals surface area contributed by atoms with Crippen LogP contribution in [0.5, 0.6) is 0 Å². The molecule has 1 aliphatic rings. The number of nitrogens with zero attached hydrogens (tertiary/aromatic N) is 1. The first-order chi connectivity index (χ1) is 13.9. The van der Waals surface area contributed by atoms with Crippen LogP contribution in [0.2, 0.25) is 0 Å².